The van der Waals surface area contributed by atoms with Crippen molar-refractivity contribution in [2.45, 2.75) is 17.7 Å². The summed E-state index contributed by atoms with van der Waals surface area (Å²) >= 11 is 5.25. The van der Waals surface area contributed by atoms with E-state index in [2.05, 4.69) is 31.9 Å². The molecule has 1 rings (SSSR count). The van der Waals surface area contributed by atoms with Gasteiger partial charge in [-0.25, -0.2) is 0 Å². The maximum absolute atomic E-state index is 12.5. The zero-order chi connectivity index (χ0) is 13.4. The molecule has 0 saturated carbocycles. The molecule has 1 aromatic rings. The van der Waals surface area contributed by atoms with Crippen LogP contribution in [0.4, 0.5) is 26.3 Å². The zero-order valence-electron chi connectivity index (χ0n) is 7.89. The number of hydrogen-bond donors (Lipinski definition) is 0. The van der Waals surface area contributed by atoms with Crippen LogP contribution in [0.25, 0.3) is 0 Å². The average molecular weight is 386 g/mol. The Labute approximate surface area is 109 Å². The lowest BCUT2D eigenvalue weighted by atomic mass is 10.0. The minimum Gasteiger partial charge on any atom is -0.166 e. The smallest absolute Gasteiger partial charge is 0.166 e. The summed E-state index contributed by atoms with van der Waals surface area (Å²) in [6, 6.07) is 0.932. The highest BCUT2D eigenvalue weighted by Gasteiger charge is 2.38. The van der Waals surface area contributed by atoms with Crippen molar-refractivity contribution in [3.05, 3.63) is 33.3 Å². The van der Waals surface area contributed by atoms with Gasteiger partial charge < -0.3 is 0 Å². The van der Waals surface area contributed by atoms with Crippen LogP contribution in [0.1, 0.15) is 16.7 Å². The fourth-order valence-corrected chi connectivity index (χ4v) is 2.24. The van der Waals surface area contributed by atoms with Gasteiger partial charge in [-0.05, 0) is 17.7 Å². The molecule has 0 atom stereocenters. The molecule has 0 aliphatic rings. The van der Waals surface area contributed by atoms with Crippen molar-refractivity contribution < 1.29 is 26.3 Å². The summed E-state index contributed by atoms with van der Waals surface area (Å²) in [6.45, 7) is 0. The Kier molecular flexibility index (Phi) is 4.18. The molecule has 0 aromatic heterocycles. The van der Waals surface area contributed by atoms with E-state index in [1.807, 2.05) is 0 Å². The minimum absolute atomic E-state index is 0.307. The van der Waals surface area contributed by atoms with Gasteiger partial charge in [0, 0.05) is 9.80 Å². The first kappa shape index (κ1) is 14.8. The summed E-state index contributed by atoms with van der Waals surface area (Å²) < 4.78 is 74.3. The van der Waals surface area contributed by atoms with Crippen LogP contribution < -0.4 is 0 Å². The number of alkyl halides is 7. The summed E-state index contributed by atoms with van der Waals surface area (Å²) in [6.07, 6.45) is -9.38. The van der Waals surface area contributed by atoms with Gasteiger partial charge >= 0.3 is 12.4 Å². The molecule has 0 saturated heterocycles. The molecule has 1 aromatic carbocycles. The highest BCUT2D eigenvalue weighted by atomic mass is 79.9. The molecule has 0 fully saturated rings. The molecule has 0 unspecified atom stereocenters. The highest BCUT2D eigenvalue weighted by Crippen LogP contribution is 2.41. The van der Waals surface area contributed by atoms with E-state index in [-0.39, 0.29) is 5.33 Å². The second-order valence-electron chi connectivity index (χ2n) is 3.12. The normalized spacial score (nSPS) is 12.9. The summed E-state index contributed by atoms with van der Waals surface area (Å²) in [5.74, 6) is 0. The molecular formula is C9H4Br2F6. The standard InChI is InChI=1S/C9H4Br2F6/c10-3-4-1-6(9(15,16)17)7(11)2-5(4)8(12,13)14/h1-2H,3H2. The maximum Gasteiger partial charge on any atom is 0.417 e. The molecule has 0 aliphatic carbocycles. The van der Waals surface area contributed by atoms with Crippen molar-refractivity contribution >= 4 is 31.9 Å². The topological polar surface area (TPSA) is 0 Å². The van der Waals surface area contributed by atoms with Gasteiger partial charge in [0.25, 0.3) is 0 Å². The van der Waals surface area contributed by atoms with Crippen LogP contribution in [0, 0.1) is 0 Å². The van der Waals surface area contributed by atoms with Crippen LogP contribution in [0.5, 0.6) is 0 Å². The third kappa shape index (κ3) is 3.37. The van der Waals surface area contributed by atoms with Crippen LogP contribution >= 0.6 is 31.9 Å². The Hall–Kier alpha value is -0.240. The Morgan fingerprint density at radius 1 is 0.882 bits per heavy atom. The van der Waals surface area contributed by atoms with Crippen molar-refractivity contribution in [2.24, 2.45) is 0 Å². The fourth-order valence-electron chi connectivity index (χ4n) is 1.21. The summed E-state index contributed by atoms with van der Waals surface area (Å²) in [5, 5.41) is -0.307. The summed E-state index contributed by atoms with van der Waals surface area (Å²) in [7, 11) is 0. The van der Waals surface area contributed by atoms with E-state index in [9.17, 15) is 26.3 Å². The predicted molar refractivity (Wildman–Crippen MR) is 56.8 cm³/mol. The van der Waals surface area contributed by atoms with Gasteiger partial charge in [-0.3, -0.25) is 0 Å². The Morgan fingerprint density at radius 2 is 1.35 bits per heavy atom. The molecular weight excluding hydrogens is 382 g/mol. The Balaban J connectivity index is 3.46. The van der Waals surface area contributed by atoms with Gasteiger partial charge in [0.15, 0.2) is 0 Å². The molecule has 0 radical (unpaired) electrons. The van der Waals surface area contributed by atoms with Crippen molar-refractivity contribution in [3.8, 4) is 0 Å². The van der Waals surface area contributed by atoms with E-state index in [1.54, 1.807) is 0 Å². The predicted octanol–water partition coefficient (Wildman–Crippen LogP) is 5.38. The van der Waals surface area contributed by atoms with Crippen LogP contribution in [-0.2, 0) is 17.7 Å². The van der Waals surface area contributed by atoms with Crippen molar-refractivity contribution in [2.75, 3.05) is 0 Å². The number of rotatable bonds is 1. The molecule has 0 amide bonds. The average Bonchev–Trinajstić information content (AvgIpc) is 2.14. The molecule has 0 N–H and O–H groups in total. The number of benzene rings is 1. The SMILES string of the molecule is FC(F)(F)c1cc(CBr)c(C(F)(F)F)cc1Br. The first-order chi connectivity index (χ1) is 7.57. The van der Waals surface area contributed by atoms with Gasteiger partial charge in [-0.2, -0.15) is 26.3 Å². The molecule has 0 spiro atoms. The van der Waals surface area contributed by atoms with E-state index in [1.165, 1.54) is 0 Å². The molecule has 0 bridgehead atoms. The molecule has 96 valence electrons. The first-order valence-corrected chi connectivity index (χ1v) is 6.01. The van der Waals surface area contributed by atoms with Gasteiger partial charge in [0.05, 0.1) is 11.1 Å². The summed E-state index contributed by atoms with van der Waals surface area (Å²) in [4.78, 5) is 0. The van der Waals surface area contributed by atoms with Crippen molar-refractivity contribution in [1.82, 2.24) is 0 Å². The van der Waals surface area contributed by atoms with Gasteiger partial charge in [-0.1, -0.05) is 31.9 Å². The third-order valence-electron chi connectivity index (χ3n) is 1.95. The molecule has 17 heavy (non-hydrogen) atoms. The van der Waals surface area contributed by atoms with E-state index in [0.29, 0.717) is 12.1 Å². The van der Waals surface area contributed by atoms with Crippen LogP contribution in [0.2, 0.25) is 0 Å². The Bertz CT molecular complexity index is 421. The van der Waals surface area contributed by atoms with Crippen LogP contribution in [0.15, 0.2) is 16.6 Å². The zero-order valence-corrected chi connectivity index (χ0v) is 11.1. The molecule has 0 nitrogen and oxygen atoms in total. The number of halogens is 8. The van der Waals surface area contributed by atoms with Gasteiger partial charge in [0.2, 0.25) is 0 Å². The van der Waals surface area contributed by atoms with E-state index in [4.69, 9.17) is 0 Å². The first-order valence-electron chi connectivity index (χ1n) is 4.10. The minimum atomic E-state index is -4.69. The number of hydrogen-bond acceptors (Lipinski definition) is 0. The largest absolute Gasteiger partial charge is 0.417 e. The van der Waals surface area contributed by atoms with E-state index < -0.39 is 33.5 Å². The Morgan fingerprint density at radius 3 is 1.71 bits per heavy atom. The monoisotopic (exact) mass is 384 g/mol. The van der Waals surface area contributed by atoms with Gasteiger partial charge in [0.1, 0.15) is 0 Å². The lowest BCUT2D eigenvalue weighted by molar-refractivity contribution is -0.142. The molecule has 0 aliphatic heterocycles. The van der Waals surface area contributed by atoms with Crippen molar-refractivity contribution in [3.63, 3.8) is 0 Å². The van der Waals surface area contributed by atoms with Crippen LogP contribution in [-0.4, -0.2) is 0 Å². The van der Waals surface area contributed by atoms with Crippen molar-refractivity contribution in [1.29, 1.82) is 0 Å². The molecule has 0 heterocycles. The second-order valence-corrected chi connectivity index (χ2v) is 4.53. The van der Waals surface area contributed by atoms with E-state index in [0.717, 1.165) is 0 Å². The van der Waals surface area contributed by atoms with Crippen LogP contribution in [0.3, 0.4) is 0 Å². The van der Waals surface area contributed by atoms with Gasteiger partial charge in [-0.15, -0.1) is 0 Å². The maximum atomic E-state index is 12.5. The second kappa shape index (κ2) is 4.79. The van der Waals surface area contributed by atoms with E-state index >= 15 is 0 Å². The highest BCUT2D eigenvalue weighted by molar-refractivity contribution is 9.10. The molecule has 8 heteroatoms. The lowest BCUT2D eigenvalue weighted by Gasteiger charge is -2.16. The quantitative estimate of drug-likeness (QED) is 0.449. The third-order valence-corrected chi connectivity index (χ3v) is 3.21. The fraction of sp³-hybridized carbons (Fsp3) is 0.333. The lowest BCUT2D eigenvalue weighted by Crippen LogP contribution is -2.13. The summed E-state index contributed by atoms with van der Waals surface area (Å²) in [5.41, 5.74) is -2.66.